The van der Waals surface area contributed by atoms with Crippen LogP contribution in [0, 0.1) is 17.3 Å². The maximum atomic E-state index is 13.5. The first-order valence-electron chi connectivity index (χ1n) is 16.2. The predicted molar refractivity (Wildman–Crippen MR) is 184 cm³/mol. The Morgan fingerprint density at radius 3 is 2.34 bits per heavy atom. The van der Waals surface area contributed by atoms with Gasteiger partial charge in [-0.3, -0.25) is 9.59 Å². The molecule has 3 atom stereocenters. The van der Waals surface area contributed by atoms with E-state index in [4.69, 9.17) is 24.5 Å². The molecule has 0 amide bonds. The summed E-state index contributed by atoms with van der Waals surface area (Å²) in [5.41, 5.74) is 11.4. The number of aliphatic imine (C=N–C) groups is 3. The molecular formula is C38H42N4O5. The van der Waals surface area contributed by atoms with E-state index in [1.165, 1.54) is 14.2 Å². The molecule has 6 rings (SSSR count). The van der Waals surface area contributed by atoms with Crippen LogP contribution in [0.25, 0.3) is 0 Å². The molecular weight excluding hydrogens is 592 g/mol. The zero-order valence-corrected chi connectivity index (χ0v) is 28.4. The molecule has 1 aliphatic carbocycles. The summed E-state index contributed by atoms with van der Waals surface area (Å²) in [6.45, 7) is 16.4. The number of aliphatic hydroxyl groups is 1. The minimum absolute atomic E-state index is 0.0878. The van der Waals surface area contributed by atoms with Crippen LogP contribution in [-0.2, 0) is 19.1 Å². The van der Waals surface area contributed by atoms with Crippen molar-refractivity contribution < 1.29 is 24.2 Å². The number of carbonyl (C=O) groups excluding carboxylic acids is 2. The van der Waals surface area contributed by atoms with Gasteiger partial charge in [0, 0.05) is 45.9 Å². The SMILES string of the molecule is C=CC1=C(C)C2=NC1=CC1=NC(=CC3=C(C)C4=C(O)[C@H](C(=O)OC)C(=C5NC(=C2)[C@@H](C)[C@]5(CC)CCC(=O)OC)C4=N3)C(CC)=C1C. The quantitative estimate of drug-likeness (QED) is 0.292. The maximum absolute atomic E-state index is 13.5. The van der Waals surface area contributed by atoms with Crippen molar-refractivity contribution in [2.24, 2.45) is 32.2 Å². The van der Waals surface area contributed by atoms with Crippen LogP contribution in [0.1, 0.15) is 67.2 Å². The lowest BCUT2D eigenvalue weighted by atomic mass is 9.68. The van der Waals surface area contributed by atoms with Crippen molar-refractivity contribution in [3.63, 3.8) is 0 Å². The van der Waals surface area contributed by atoms with E-state index in [2.05, 4.69) is 45.7 Å². The van der Waals surface area contributed by atoms with Gasteiger partial charge in [-0.15, -0.1) is 0 Å². The lowest BCUT2D eigenvalue weighted by molar-refractivity contribution is -0.144. The molecule has 0 radical (unpaired) electrons. The van der Waals surface area contributed by atoms with E-state index < -0.39 is 17.3 Å². The summed E-state index contributed by atoms with van der Waals surface area (Å²) in [6, 6.07) is 0. The number of ether oxygens (including phenoxy) is 2. The first kappa shape index (κ1) is 32.2. The van der Waals surface area contributed by atoms with Crippen LogP contribution in [0.5, 0.6) is 0 Å². The van der Waals surface area contributed by atoms with Gasteiger partial charge in [-0.2, -0.15) is 0 Å². The third-order valence-corrected chi connectivity index (χ3v) is 10.8. The standard InChI is InChI=1S/C38H42N4O5/c1-10-22-18(4)24-15-27-21(7)38(12-3,14-13-30(43)46-8)36(42-27)32-33(37(45)47-9)35(44)31-20(6)26(41-34(31)32)17-29-23(11-2)19(5)25(40-29)16-28(22)39-24/h10,15-17,21,33,42,44H,1,11-14H2,2-9H3/t21-,33-,38+/m1/s1. The number of allylic oxidation sites excluding steroid dienone is 11. The molecule has 9 nitrogen and oxygen atoms in total. The van der Waals surface area contributed by atoms with Crippen LogP contribution in [0.3, 0.4) is 0 Å². The Morgan fingerprint density at radius 1 is 1.00 bits per heavy atom. The van der Waals surface area contributed by atoms with E-state index in [-0.39, 0.29) is 24.1 Å². The molecule has 0 spiro atoms. The number of nitrogens with zero attached hydrogens (tertiary/aromatic N) is 3. The molecule has 1 saturated heterocycles. The van der Waals surface area contributed by atoms with Gasteiger partial charge in [0.05, 0.1) is 48.4 Å². The Labute approximate surface area is 276 Å². The summed E-state index contributed by atoms with van der Waals surface area (Å²) in [5, 5.41) is 15.5. The lowest BCUT2D eigenvalue weighted by Gasteiger charge is -2.34. The van der Waals surface area contributed by atoms with Crippen molar-refractivity contribution in [3.05, 3.63) is 104 Å². The van der Waals surface area contributed by atoms with Gasteiger partial charge in [0.2, 0.25) is 0 Å². The van der Waals surface area contributed by atoms with Gasteiger partial charge in [0.1, 0.15) is 11.7 Å². The number of hydrogen-bond donors (Lipinski definition) is 2. The number of nitrogens with one attached hydrogen (secondary N) is 1. The van der Waals surface area contributed by atoms with E-state index in [0.29, 0.717) is 35.4 Å². The Balaban J connectivity index is 1.71. The fourth-order valence-electron chi connectivity index (χ4n) is 7.91. The number of aliphatic hydroxyl groups excluding tert-OH is 1. The summed E-state index contributed by atoms with van der Waals surface area (Å²) >= 11 is 0. The van der Waals surface area contributed by atoms with Crippen molar-refractivity contribution in [2.75, 3.05) is 14.2 Å². The fourth-order valence-corrected chi connectivity index (χ4v) is 7.91. The number of methoxy groups -OCH3 is 2. The van der Waals surface area contributed by atoms with E-state index in [1.807, 2.05) is 32.1 Å². The van der Waals surface area contributed by atoms with Gasteiger partial charge < -0.3 is 19.9 Å². The fraction of sp³-hybridized carbons (Fsp3) is 0.395. The minimum Gasteiger partial charge on any atom is -0.510 e. The Hall–Kier alpha value is -4.79. The molecule has 0 aromatic carbocycles. The summed E-state index contributed by atoms with van der Waals surface area (Å²) in [7, 11) is 2.71. The van der Waals surface area contributed by atoms with Crippen molar-refractivity contribution in [1.29, 1.82) is 0 Å². The van der Waals surface area contributed by atoms with Gasteiger partial charge in [-0.25, -0.2) is 15.0 Å². The Bertz CT molecular complexity index is 1900. The highest BCUT2D eigenvalue weighted by molar-refractivity contribution is 6.24. The third-order valence-electron chi connectivity index (χ3n) is 10.8. The first-order chi connectivity index (χ1) is 22.5. The minimum atomic E-state index is -1.08. The van der Waals surface area contributed by atoms with E-state index in [0.717, 1.165) is 68.5 Å². The van der Waals surface area contributed by atoms with E-state index >= 15 is 0 Å². The number of rotatable bonds is 7. The second kappa shape index (κ2) is 11.8. The molecule has 8 bridgehead atoms. The summed E-state index contributed by atoms with van der Waals surface area (Å²) in [4.78, 5) is 41.3. The number of esters is 2. The molecule has 244 valence electrons. The average Bonchev–Trinajstić information content (AvgIpc) is 3.79. The molecule has 2 N–H and O–H groups in total. The van der Waals surface area contributed by atoms with Crippen LogP contribution in [-0.4, -0.2) is 48.4 Å². The number of fused-ring (bicyclic) bond motifs is 5. The van der Waals surface area contributed by atoms with Crippen LogP contribution in [0.2, 0.25) is 0 Å². The maximum Gasteiger partial charge on any atom is 0.321 e. The second-order valence-electron chi connectivity index (χ2n) is 12.8. The molecule has 9 heteroatoms. The van der Waals surface area contributed by atoms with Crippen molar-refractivity contribution in [1.82, 2.24) is 5.32 Å². The normalized spacial score (nSPS) is 26.3. The van der Waals surface area contributed by atoms with Crippen LogP contribution in [0.4, 0.5) is 0 Å². The van der Waals surface area contributed by atoms with Gasteiger partial charge in [-0.05, 0) is 80.6 Å². The molecule has 0 saturated carbocycles. The highest BCUT2D eigenvalue weighted by atomic mass is 16.5. The first-order valence-corrected chi connectivity index (χ1v) is 16.2. The molecule has 0 aromatic heterocycles. The van der Waals surface area contributed by atoms with Gasteiger partial charge in [0.25, 0.3) is 0 Å². The molecule has 6 aliphatic rings. The largest absolute Gasteiger partial charge is 0.510 e. The second-order valence-corrected chi connectivity index (χ2v) is 12.8. The van der Waals surface area contributed by atoms with E-state index in [1.54, 1.807) is 0 Å². The predicted octanol–water partition coefficient (Wildman–Crippen LogP) is 6.98. The number of hydrogen-bond acceptors (Lipinski definition) is 9. The molecule has 0 aromatic rings. The van der Waals surface area contributed by atoms with Crippen LogP contribution >= 0.6 is 0 Å². The summed E-state index contributed by atoms with van der Waals surface area (Å²) in [5.74, 6) is -2.18. The topological polar surface area (TPSA) is 122 Å². The zero-order valence-electron chi connectivity index (χ0n) is 28.4. The number of carbonyl (C=O) groups is 2. The van der Waals surface area contributed by atoms with Crippen LogP contribution < -0.4 is 5.32 Å². The van der Waals surface area contributed by atoms with Crippen molar-refractivity contribution in [2.45, 2.75) is 67.2 Å². The van der Waals surface area contributed by atoms with Gasteiger partial charge in [0.15, 0.2) is 0 Å². The summed E-state index contributed by atoms with van der Waals surface area (Å²) < 4.78 is 10.3. The highest BCUT2D eigenvalue weighted by Crippen LogP contribution is 2.55. The van der Waals surface area contributed by atoms with Gasteiger partial charge >= 0.3 is 11.9 Å². The Kier molecular flexibility index (Phi) is 8.06. The molecule has 47 heavy (non-hydrogen) atoms. The molecule has 5 heterocycles. The van der Waals surface area contributed by atoms with Crippen molar-refractivity contribution in [3.8, 4) is 0 Å². The van der Waals surface area contributed by atoms with Gasteiger partial charge in [-0.1, -0.05) is 33.4 Å². The van der Waals surface area contributed by atoms with Crippen LogP contribution in [0.15, 0.2) is 119 Å². The molecule has 1 fully saturated rings. The molecule has 5 aliphatic heterocycles. The zero-order chi connectivity index (χ0) is 33.9. The third kappa shape index (κ3) is 4.69. The summed E-state index contributed by atoms with van der Waals surface area (Å²) in [6.07, 6.45) is 9.92. The molecule has 0 unspecified atom stereocenters. The highest BCUT2D eigenvalue weighted by Gasteiger charge is 2.54. The monoisotopic (exact) mass is 634 g/mol. The smallest absolute Gasteiger partial charge is 0.321 e. The Morgan fingerprint density at radius 2 is 1.70 bits per heavy atom. The van der Waals surface area contributed by atoms with E-state index in [9.17, 15) is 14.7 Å². The van der Waals surface area contributed by atoms with Crippen molar-refractivity contribution >= 4 is 29.1 Å². The lowest BCUT2D eigenvalue weighted by Crippen LogP contribution is -2.32. The average molecular weight is 635 g/mol.